The standard InChI is InChI=1S/C34H36N4O6S/c1-42-28-5-2-25-17-29(6-3-24(25)16-28)45(40,41)37-32-19-34(32,26-4-7-30-31(18-26)44-22-43-30)20-33(39)36-21-23-10-14-38(15-11-23)27-8-12-35-13-9-27/h2-9,12-13,16-18,23,32,37H,10-11,14-15,19-22H2,1H3,(H,36,39). The minimum Gasteiger partial charge on any atom is -0.497 e. The average molecular weight is 629 g/mol. The highest BCUT2D eigenvalue weighted by Gasteiger charge is 2.58. The van der Waals surface area contributed by atoms with Crippen LogP contribution in [0.3, 0.4) is 0 Å². The lowest BCUT2D eigenvalue weighted by atomic mass is 9.90. The number of ether oxygens (including phenoxy) is 3. The van der Waals surface area contributed by atoms with E-state index in [0.29, 0.717) is 36.1 Å². The van der Waals surface area contributed by atoms with Crippen LogP contribution in [0.15, 0.2) is 84.0 Å². The molecule has 2 aliphatic heterocycles. The van der Waals surface area contributed by atoms with Crippen molar-refractivity contribution in [1.82, 2.24) is 15.0 Å². The fourth-order valence-electron chi connectivity index (χ4n) is 6.59. The number of hydrogen-bond acceptors (Lipinski definition) is 8. The van der Waals surface area contributed by atoms with E-state index in [2.05, 4.69) is 19.9 Å². The van der Waals surface area contributed by atoms with Gasteiger partial charge in [-0.1, -0.05) is 18.2 Å². The number of nitrogens with one attached hydrogen (secondary N) is 2. The molecule has 1 saturated heterocycles. The van der Waals surface area contributed by atoms with Crippen LogP contribution in [0.2, 0.25) is 0 Å². The molecule has 2 fully saturated rings. The highest BCUT2D eigenvalue weighted by molar-refractivity contribution is 7.89. The first-order valence-electron chi connectivity index (χ1n) is 15.2. The van der Waals surface area contributed by atoms with Crippen molar-refractivity contribution in [3.63, 3.8) is 0 Å². The number of benzene rings is 3. The van der Waals surface area contributed by atoms with E-state index in [1.54, 1.807) is 31.4 Å². The molecular formula is C34H36N4O6S. The molecule has 11 heteroatoms. The summed E-state index contributed by atoms with van der Waals surface area (Å²) in [5, 5.41) is 4.84. The molecule has 1 amide bonds. The SMILES string of the molecule is COc1ccc2cc(S(=O)(=O)NC3CC3(CC(=O)NCC3CCN(c4ccncc4)CC3)c3ccc4c(c3)OCO4)ccc2c1. The highest BCUT2D eigenvalue weighted by atomic mass is 32.2. The molecule has 1 aliphatic carbocycles. The Labute approximate surface area is 262 Å². The third-order valence-electron chi connectivity index (χ3n) is 9.36. The summed E-state index contributed by atoms with van der Waals surface area (Å²) in [4.78, 5) is 20.1. The van der Waals surface area contributed by atoms with Gasteiger partial charge in [-0.15, -0.1) is 0 Å². The van der Waals surface area contributed by atoms with Gasteiger partial charge >= 0.3 is 0 Å². The van der Waals surface area contributed by atoms with E-state index in [-0.39, 0.29) is 24.0 Å². The summed E-state index contributed by atoms with van der Waals surface area (Å²) in [7, 11) is -2.27. The smallest absolute Gasteiger partial charge is 0.240 e. The number of hydrogen-bond donors (Lipinski definition) is 2. The van der Waals surface area contributed by atoms with Crippen molar-refractivity contribution in [2.24, 2.45) is 5.92 Å². The van der Waals surface area contributed by atoms with Gasteiger partial charge in [-0.2, -0.15) is 0 Å². The zero-order valence-electron chi connectivity index (χ0n) is 25.1. The largest absolute Gasteiger partial charge is 0.497 e. The van der Waals surface area contributed by atoms with E-state index in [1.165, 1.54) is 5.69 Å². The molecule has 2 unspecified atom stereocenters. The molecule has 2 N–H and O–H groups in total. The van der Waals surface area contributed by atoms with Crippen LogP contribution in [0.4, 0.5) is 5.69 Å². The Morgan fingerprint density at radius 2 is 1.73 bits per heavy atom. The maximum atomic E-state index is 13.6. The third-order valence-corrected chi connectivity index (χ3v) is 10.8. The molecule has 1 aromatic heterocycles. The molecular weight excluding hydrogens is 592 g/mol. The Morgan fingerprint density at radius 3 is 2.53 bits per heavy atom. The number of nitrogens with zero attached hydrogens (tertiary/aromatic N) is 2. The molecule has 2 atom stereocenters. The first-order valence-corrected chi connectivity index (χ1v) is 16.7. The van der Waals surface area contributed by atoms with E-state index < -0.39 is 21.5 Å². The third kappa shape index (κ3) is 6.02. The Kier molecular flexibility index (Phi) is 7.74. The Hall–Kier alpha value is -4.35. The van der Waals surface area contributed by atoms with Gasteiger partial charge in [0.25, 0.3) is 0 Å². The van der Waals surface area contributed by atoms with Gasteiger partial charge in [-0.3, -0.25) is 9.78 Å². The van der Waals surface area contributed by atoms with Crippen molar-refractivity contribution in [1.29, 1.82) is 0 Å². The van der Waals surface area contributed by atoms with E-state index in [1.807, 2.05) is 54.9 Å². The number of amides is 1. The zero-order chi connectivity index (χ0) is 31.0. The van der Waals surface area contributed by atoms with Gasteiger partial charge in [0.15, 0.2) is 11.5 Å². The Balaban J connectivity index is 1.04. The molecule has 4 aromatic rings. The van der Waals surface area contributed by atoms with E-state index in [9.17, 15) is 13.2 Å². The highest BCUT2D eigenvalue weighted by Crippen LogP contribution is 2.53. The second-order valence-corrected chi connectivity index (χ2v) is 13.8. The maximum Gasteiger partial charge on any atom is 0.240 e. The second-order valence-electron chi connectivity index (χ2n) is 12.1. The molecule has 0 bridgehead atoms. The maximum absolute atomic E-state index is 13.6. The van der Waals surface area contributed by atoms with Crippen LogP contribution in [-0.4, -0.2) is 58.9 Å². The van der Waals surface area contributed by atoms with Crippen molar-refractivity contribution >= 4 is 32.4 Å². The summed E-state index contributed by atoms with van der Waals surface area (Å²) < 4.78 is 46.5. The van der Waals surface area contributed by atoms with Crippen molar-refractivity contribution in [2.75, 3.05) is 38.4 Å². The second kappa shape index (κ2) is 11.9. The van der Waals surface area contributed by atoms with Gasteiger partial charge in [0, 0.05) is 55.6 Å². The van der Waals surface area contributed by atoms with Gasteiger partial charge in [-0.25, -0.2) is 13.1 Å². The van der Waals surface area contributed by atoms with E-state index in [0.717, 1.165) is 42.3 Å². The van der Waals surface area contributed by atoms with Crippen LogP contribution >= 0.6 is 0 Å². The first-order chi connectivity index (χ1) is 21.8. The number of carbonyl (C=O) groups is 1. The number of methoxy groups -OCH3 is 1. The van der Waals surface area contributed by atoms with E-state index >= 15 is 0 Å². The molecule has 3 aromatic carbocycles. The number of piperidine rings is 1. The predicted octanol–water partition coefficient (Wildman–Crippen LogP) is 4.38. The molecule has 234 valence electrons. The summed E-state index contributed by atoms with van der Waals surface area (Å²) >= 11 is 0. The zero-order valence-corrected chi connectivity index (χ0v) is 25.9. The summed E-state index contributed by atoms with van der Waals surface area (Å²) in [6, 6.07) is 19.8. The van der Waals surface area contributed by atoms with Crippen molar-refractivity contribution in [2.45, 2.75) is 42.0 Å². The fourth-order valence-corrected chi connectivity index (χ4v) is 7.94. The van der Waals surface area contributed by atoms with Gasteiger partial charge in [0.05, 0.1) is 12.0 Å². The topological polar surface area (TPSA) is 119 Å². The molecule has 7 rings (SSSR count). The normalized spacial score (nSPS) is 21.1. The lowest BCUT2D eigenvalue weighted by Gasteiger charge is -2.33. The minimum absolute atomic E-state index is 0.0921. The number of sulfonamides is 1. The van der Waals surface area contributed by atoms with Crippen molar-refractivity contribution < 1.29 is 27.4 Å². The van der Waals surface area contributed by atoms with Crippen LogP contribution in [0.25, 0.3) is 10.8 Å². The van der Waals surface area contributed by atoms with Crippen molar-refractivity contribution in [3.8, 4) is 17.2 Å². The van der Waals surface area contributed by atoms with Crippen LogP contribution < -0.4 is 29.1 Å². The lowest BCUT2D eigenvalue weighted by molar-refractivity contribution is -0.121. The van der Waals surface area contributed by atoms with Gasteiger partial charge in [0.1, 0.15) is 5.75 Å². The number of rotatable bonds is 10. The average Bonchev–Trinajstić information content (AvgIpc) is 3.51. The van der Waals surface area contributed by atoms with Crippen LogP contribution in [0.1, 0.15) is 31.2 Å². The molecule has 3 aliphatic rings. The van der Waals surface area contributed by atoms with Gasteiger partial charge in [-0.05, 0) is 90.0 Å². The number of aromatic nitrogens is 1. The Morgan fingerprint density at radius 1 is 0.978 bits per heavy atom. The fraction of sp³-hybridized carbons (Fsp3) is 0.353. The number of fused-ring (bicyclic) bond motifs is 2. The number of pyridine rings is 1. The summed E-state index contributed by atoms with van der Waals surface area (Å²) in [5.41, 5.74) is 1.32. The van der Waals surface area contributed by atoms with E-state index in [4.69, 9.17) is 14.2 Å². The lowest BCUT2D eigenvalue weighted by Crippen LogP contribution is -2.40. The first kappa shape index (κ1) is 29.4. The molecule has 1 saturated carbocycles. The monoisotopic (exact) mass is 628 g/mol. The van der Waals surface area contributed by atoms with Gasteiger partial charge < -0.3 is 24.4 Å². The molecule has 0 spiro atoms. The minimum atomic E-state index is -3.87. The number of carbonyl (C=O) groups excluding carboxylic acids is 1. The van der Waals surface area contributed by atoms with Gasteiger partial charge in [0.2, 0.25) is 22.7 Å². The quantitative estimate of drug-likeness (QED) is 0.266. The molecule has 10 nitrogen and oxygen atoms in total. The van der Waals surface area contributed by atoms with Crippen LogP contribution in [0.5, 0.6) is 17.2 Å². The molecule has 3 heterocycles. The van der Waals surface area contributed by atoms with Crippen LogP contribution in [0, 0.1) is 5.92 Å². The predicted molar refractivity (Wildman–Crippen MR) is 170 cm³/mol. The van der Waals surface area contributed by atoms with Crippen molar-refractivity contribution in [3.05, 3.63) is 84.7 Å². The molecule has 0 radical (unpaired) electrons. The van der Waals surface area contributed by atoms with Crippen LogP contribution in [-0.2, 0) is 20.2 Å². The summed E-state index contributed by atoms with van der Waals surface area (Å²) in [5.74, 6) is 2.24. The number of anilines is 1. The molecule has 45 heavy (non-hydrogen) atoms. The summed E-state index contributed by atoms with van der Waals surface area (Å²) in [6.07, 6.45) is 6.24. The Bertz CT molecular complexity index is 1830. The summed E-state index contributed by atoms with van der Waals surface area (Å²) in [6.45, 7) is 2.59.